The second kappa shape index (κ2) is 9.71. The van der Waals surface area contributed by atoms with Crippen molar-refractivity contribution in [3.05, 3.63) is 41.2 Å². The molecule has 0 N–H and O–H groups in total. The van der Waals surface area contributed by atoms with Gasteiger partial charge in [0.15, 0.2) is 0 Å². The monoisotopic (exact) mass is 275 g/mol. The highest BCUT2D eigenvalue weighted by Crippen LogP contribution is 2.12. The first-order valence-electron chi connectivity index (χ1n) is 7.76. The van der Waals surface area contributed by atoms with Gasteiger partial charge in [0, 0.05) is 12.8 Å². The Morgan fingerprint density at radius 3 is 2.70 bits per heavy atom. The molecular weight excluding hydrogens is 246 g/mol. The summed E-state index contributed by atoms with van der Waals surface area (Å²) in [6.45, 7) is 10.2. The predicted molar refractivity (Wildman–Crippen MR) is 85.7 cm³/mol. The van der Waals surface area contributed by atoms with Gasteiger partial charge >= 0.3 is 0 Å². The summed E-state index contributed by atoms with van der Waals surface area (Å²) in [5, 5.41) is 0. The summed E-state index contributed by atoms with van der Waals surface area (Å²) in [7, 11) is 0. The SMILES string of the molecule is CCc1ccc(COCCC(C)CCC=C(C)C)nc1. The van der Waals surface area contributed by atoms with Crippen LogP contribution in [0.4, 0.5) is 0 Å². The van der Waals surface area contributed by atoms with Crippen molar-refractivity contribution in [2.45, 2.75) is 60.0 Å². The largest absolute Gasteiger partial charge is 0.375 e. The highest BCUT2D eigenvalue weighted by molar-refractivity contribution is 5.13. The van der Waals surface area contributed by atoms with E-state index in [2.05, 4.69) is 50.9 Å². The third-order valence-corrected chi connectivity index (χ3v) is 3.51. The lowest BCUT2D eigenvalue weighted by molar-refractivity contribution is 0.106. The molecule has 0 fully saturated rings. The molecule has 20 heavy (non-hydrogen) atoms. The van der Waals surface area contributed by atoms with Crippen LogP contribution in [0.2, 0.25) is 0 Å². The summed E-state index contributed by atoms with van der Waals surface area (Å²) in [4.78, 5) is 4.40. The first-order chi connectivity index (χ1) is 9.61. The van der Waals surface area contributed by atoms with E-state index in [1.54, 1.807) is 0 Å². The van der Waals surface area contributed by atoms with Crippen molar-refractivity contribution in [2.24, 2.45) is 5.92 Å². The first kappa shape index (κ1) is 16.9. The van der Waals surface area contributed by atoms with E-state index in [9.17, 15) is 0 Å². The minimum Gasteiger partial charge on any atom is -0.375 e. The van der Waals surface area contributed by atoms with E-state index >= 15 is 0 Å². The molecule has 112 valence electrons. The van der Waals surface area contributed by atoms with E-state index in [4.69, 9.17) is 4.74 Å². The lowest BCUT2D eigenvalue weighted by atomic mass is 10.0. The molecule has 0 aromatic carbocycles. The Balaban J connectivity index is 2.12. The molecule has 2 nitrogen and oxygen atoms in total. The molecule has 0 aliphatic carbocycles. The summed E-state index contributed by atoms with van der Waals surface area (Å²) < 4.78 is 5.71. The van der Waals surface area contributed by atoms with E-state index < -0.39 is 0 Å². The van der Waals surface area contributed by atoms with Gasteiger partial charge in [-0.05, 0) is 57.1 Å². The lowest BCUT2D eigenvalue weighted by Gasteiger charge is -2.10. The van der Waals surface area contributed by atoms with Gasteiger partial charge in [0.2, 0.25) is 0 Å². The van der Waals surface area contributed by atoms with E-state index in [1.807, 2.05) is 6.20 Å². The summed E-state index contributed by atoms with van der Waals surface area (Å²) >= 11 is 0. The van der Waals surface area contributed by atoms with E-state index in [0.29, 0.717) is 6.61 Å². The average molecular weight is 275 g/mol. The summed E-state index contributed by atoms with van der Waals surface area (Å²) in [5.41, 5.74) is 3.72. The Kier molecular flexibility index (Phi) is 8.20. The summed E-state index contributed by atoms with van der Waals surface area (Å²) in [6, 6.07) is 4.20. The predicted octanol–water partition coefficient (Wildman–Crippen LogP) is 4.93. The smallest absolute Gasteiger partial charge is 0.0887 e. The van der Waals surface area contributed by atoms with Crippen LogP contribution in [-0.2, 0) is 17.8 Å². The number of rotatable bonds is 9. The van der Waals surface area contributed by atoms with Crippen LogP contribution < -0.4 is 0 Å². The Morgan fingerprint density at radius 1 is 1.30 bits per heavy atom. The number of nitrogens with zero attached hydrogens (tertiary/aromatic N) is 1. The highest BCUT2D eigenvalue weighted by Gasteiger charge is 2.02. The van der Waals surface area contributed by atoms with Crippen LogP contribution in [0.3, 0.4) is 0 Å². The second-order valence-electron chi connectivity index (χ2n) is 5.82. The molecule has 0 spiro atoms. The van der Waals surface area contributed by atoms with Crippen LogP contribution in [0.25, 0.3) is 0 Å². The van der Waals surface area contributed by atoms with E-state index in [-0.39, 0.29) is 0 Å². The normalized spacial score (nSPS) is 12.2. The van der Waals surface area contributed by atoms with Gasteiger partial charge in [-0.25, -0.2) is 0 Å². The van der Waals surface area contributed by atoms with Gasteiger partial charge in [-0.2, -0.15) is 0 Å². The Hall–Kier alpha value is -1.15. The molecule has 1 heterocycles. The molecule has 0 aliphatic heterocycles. The Morgan fingerprint density at radius 2 is 2.10 bits per heavy atom. The number of aromatic nitrogens is 1. The molecule has 0 saturated carbocycles. The molecule has 0 saturated heterocycles. The second-order valence-corrected chi connectivity index (χ2v) is 5.82. The first-order valence-corrected chi connectivity index (χ1v) is 7.76. The van der Waals surface area contributed by atoms with Crippen LogP contribution in [0.5, 0.6) is 0 Å². The zero-order valence-corrected chi connectivity index (χ0v) is 13.5. The molecule has 0 bridgehead atoms. The molecule has 0 amide bonds. The fourth-order valence-corrected chi connectivity index (χ4v) is 2.01. The van der Waals surface area contributed by atoms with E-state index in [1.165, 1.54) is 24.0 Å². The van der Waals surface area contributed by atoms with Gasteiger partial charge in [-0.15, -0.1) is 0 Å². The number of hydrogen-bond donors (Lipinski definition) is 0. The number of hydrogen-bond acceptors (Lipinski definition) is 2. The Labute approximate surface area is 124 Å². The molecule has 0 radical (unpaired) electrons. The van der Waals surface area contributed by atoms with Crippen LogP contribution in [0.1, 0.15) is 58.2 Å². The third kappa shape index (κ3) is 7.44. The van der Waals surface area contributed by atoms with Crippen molar-refractivity contribution in [1.29, 1.82) is 0 Å². The minimum atomic E-state index is 0.630. The standard InChI is InChI=1S/C18H29NO/c1-5-17-9-10-18(19-13-17)14-20-12-11-16(4)8-6-7-15(2)3/h7,9-10,13,16H,5-6,8,11-12,14H2,1-4H3. The van der Waals surface area contributed by atoms with Crippen molar-refractivity contribution in [3.8, 4) is 0 Å². The zero-order chi connectivity index (χ0) is 14.8. The quantitative estimate of drug-likeness (QED) is 0.471. The molecule has 2 heteroatoms. The molecule has 1 unspecified atom stereocenters. The number of pyridine rings is 1. The summed E-state index contributed by atoms with van der Waals surface area (Å²) in [5.74, 6) is 0.723. The fraction of sp³-hybridized carbons (Fsp3) is 0.611. The molecule has 1 aromatic rings. The number of aryl methyl sites for hydroxylation is 1. The van der Waals surface area contributed by atoms with Crippen molar-refractivity contribution >= 4 is 0 Å². The van der Waals surface area contributed by atoms with Crippen molar-refractivity contribution in [2.75, 3.05) is 6.61 Å². The van der Waals surface area contributed by atoms with E-state index in [0.717, 1.165) is 31.1 Å². The maximum Gasteiger partial charge on any atom is 0.0887 e. The van der Waals surface area contributed by atoms with Crippen molar-refractivity contribution < 1.29 is 4.74 Å². The van der Waals surface area contributed by atoms with Crippen molar-refractivity contribution in [3.63, 3.8) is 0 Å². The average Bonchev–Trinajstić information content (AvgIpc) is 2.44. The molecule has 0 aliphatic rings. The highest BCUT2D eigenvalue weighted by atomic mass is 16.5. The molecule has 1 aromatic heterocycles. The van der Waals surface area contributed by atoms with Gasteiger partial charge in [-0.1, -0.05) is 31.6 Å². The fourth-order valence-electron chi connectivity index (χ4n) is 2.01. The van der Waals surface area contributed by atoms with Gasteiger partial charge in [0.1, 0.15) is 0 Å². The Bertz CT molecular complexity index is 390. The maximum atomic E-state index is 5.71. The van der Waals surface area contributed by atoms with Gasteiger partial charge < -0.3 is 4.74 Å². The molecule has 1 atom stereocenters. The van der Waals surface area contributed by atoms with Crippen molar-refractivity contribution in [1.82, 2.24) is 4.98 Å². The lowest BCUT2D eigenvalue weighted by Crippen LogP contribution is -2.03. The summed E-state index contributed by atoms with van der Waals surface area (Å²) in [6.07, 6.45) is 8.86. The van der Waals surface area contributed by atoms with Crippen LogP contribution >= 0.6 is 0 Å². The van der Waals surface area contributed by atoms with Crippen LogP contribution in [0.15, 0.2) is 30.0 Å². The number of ether oxygens (including phenoxy) is 1. The van der Waals surface area contributed by atoms with Crippen LogP contribution in [0, 0.1) is 5.92 Å². The van der Waals surface area contributed by atoms with Crippen LogP contribution in [-0.4, -0.2) is 11.6 Å². The van der Waals surface area contributed by atoms with Gasteiger partial charge in [0.05, 0.1) is 12.3 Å². The van der Waals surface area contributed by atoms with Gasteiger partial charge in [0.25, 0.3) is 0 Å². The van der Waals surface area contributed by atoms with Gasteiger partial charge in [-0.3, -0.25) is 4.98 Å². The zero-order valence-electron chi connectivity index (χ0n) is 13.5. The topological polar surface area (TPSA) is 22.1 Å². The minimum absolute atomic E-state index is 0.630. The molecule has 1 rings (SSSR count). The molecular formula is C18H29NO. The third-order valence-electron chi connectivity index (χ3n) is 3.51. The maximum absolute atomic E-state index is 5.71. The number of allylic oxidation sites excluding steroid dienone is 2.